The maximum atomic E-state index is 12.6. The number of rotatable bonds is 18. The van der Waals surface area contributed by atoms with Gasteiger partial charge in [0.15, 0.2) is 5.78 Å². The Bertz CT molecular complexity index is 521. The summed E-state index contributed by atoms with van der Waals surface area (Å²) in [5, 5.41) is 60.2. The molecule has 0 amide bonds. The van der Waals surface area contributed by atoms with E-state index in [0.717, 1.165) is 25.7 Å². The lowest BCUT2D eigenvalue weighted by atomic mass is 9.74. The summed E-state index contributed by atoms with van der Waals surface area (Å²) in [4.78, 5) is 12.6. The van der Waals surface area contributed by atoms with Crippen molar-refractivity contribution in [1.82, 2.24) is 0 Å². The van der Waals surface area contributed by atoms with Crippen LogP contribution in [0.5, 0.6) is 0 Å². The van der Waals surface area contributed by atoms with Crippen molar-refractivity contribution in [2.75, 3.05) is 0 Å². The number of carbonyl (C=O) groups excluding carboxylic acids is 1. The Morgan fingerprint density at radius 2 is 1.21 bits per heavy atom. The molecule has 1 rings (SSSR count). The number of Topliss-reactive ketones (excluding diaryl/α,β-unsaturated/α-hetero) is 1. The van der Waals surface area contributed by atoms with Gasteiger partial charge < -0.3 is 36.4 Å². The standard InChI is InChI=1S/C25H49NO7/c1-2-3-4-5-6-7-8-9-10-11-12-13-14-15-18(27)21(26)23(31)24(32)25(33)16-19(28)22(30)20(29)17-25/h18-23,27-31,33H,2-17,26H2,1H3/t18-,19-,20-,21+,22?,23?,25?/m1/s1. The molecule has 196 valence electrons. The van der Waals surface area contributed by atoms with Crippen LogP contribution in [0.3, 0.4) is 0 Å². The number of unbranched alkanes of at least 4 members (excludes halogenated alkanes) is 12. The molecule has 0 aromatic heterocycles. The minimum atomic E-state index is -2.20. The van der Waals surface area contributed by atoms with Crippen LogP contribution >= 0.6 is 0 Å². The second-order valence-corrected chi connectivity index (χ2v) is 10.1. The van der Waals surface area contributed by atoms with Gasteiger partial charge in [-0.15, -0.1) is 0 Å². The fourth-order valence-corrected chi connectivity index (χ4v) is 4.70. The number of carbonyl (C=O) groups is 1. The van der Waals surface area contributed by atoms with Crippen molar-refractivity contribution < 1.29 is 35.4 Å². The van der Waals surface area contributed by atoms with Crippen LogP contribution in [0.2, 0.25) is 0 Å². The summed E-state index contributed by atoms with van der Waals surface area (Å²) in [7, 11) is 0. The highest BCUT2D eigenvalue weighted by Gasteiger charge is 2.51. The lowest BCUT2D eigenvalue weighted by molar-refractivity contribution is -0.178. The van der Waals surface area contributed by atoms with Crippen LogP contribution in [-0.2, 0) is 4.79 Å². The van der Waals surface area contributed by atoms with Crippen LogP contribution in [0.15, 0.2) is 0 Å². The van der Waals surface area contributed by atoms with E-state index in [4.69, 9.17) is 5.73 Å². The van der Waals surface area contributed by atoms with E-state index in [-0.39, 0.29) is 0 Å². The van der Waals surface area contributed by atoms with E-state index in [1.807, 2.05) is 0 Å². The summed E-state index contributed by atoms with van der Waals surface area (Å²) < 4.78 is 0. The third-order valence-corrected chi connectivity index (χ3v) is 7.02. The highest BCUT2D eigenvalue weighted by molar-refractivity contribution is 5.91. The molecule has 33 heavy (non-hydrogen) atoms. The van der Waals surface area contributed by atoms with E-state index < -0.39 is 60.8 Å². The zero-order valence-corrected chi connectivity index (χ0v) is 20.4. The molecule has 5 atom stereocenters. The van der Waals surface area contributed by atoms with Crippen LogP contribution in [0.4, 0.5) is 0 Å². The second-order valence-electron chi connectivity index (χ2n) is 10.1. The highest BCUT2D eigenvalue weighted by atomic mass is 16.4. The predicted molar refractivity (Wildman–Crippen MR) is 128 cm³/mol. The first-order chi connectivity index (χ1) is 15.6. The third kappa shape index (κ3) is 10.7. The van der Waals surface area contributed by atoms with Crippen LogP contribution in [0.1, 0.15) is 110 Å². The quantitative estimate of drug-likeness (QED) is 0.147. The lowest BCUT2D eigenvalue weighted by Gasteiger charge is -2.40. The van der Waals surface area contributed by atoms with E-state index in [2.05, 4.69) is 6.92 Å². The second kappa shape index (κ2) is 16.1. The number of hydrogen-bond donors (Lipinski definition) is 7. The molecule has 1 unspecified atom stereocenters. The van der Waals surface area contributed by atoms with Crippen molar-refractivity contribution in [3.05, 3.63) is 0 Å². The number of aliphatic hydroxyl groups excluding tert-OH is 5. The van der Waals surface area contributed by atoms with Crippen molar-refractivity contribution in [3.63, 3.8) is 0 Å². The van der Waals surface area contributed by atoms with E-state index in [1.165, 1.54) is 57.8 Å². The minimum absolute atomic E-state index is 0.339. The molecule has 0 spiro atoms. The minimum Gasteiger partial charge on any atom is -0.391 e. The van der Waals surface area contributed by atoms with Crippen LogP contribution < -0.4 is 5.73 Å². The van der Waals surface area contributed by atoms with Crippen LogP contribution in [0.25, 0.3) is 0 Å². The lowest BCUT2D eigenvalue weighted by Crippen LogP contribution is -2.61. The van der Waals surface area contributed by atoms with Crippen LogP contribution in [0, 0.1) is 0 Å². The molecule has 0 bridgehead atoms. The Kier molecular flexibility index (Phi) is 14.9. The average molecular weight is 476 g/mol. The molecular weight excluding hydrogens is 426 g/mol. The Hall–Kier alpha value is -0.610. The first kappa shape index (κ1) is 30.4. The van der Waals surface area contributed by atoms with Crippen molar-refractivity contribution in [2.24, 2.45) is 5.73 Å². The number of nitrogens with two attached hydrogens (primary N) is 1. The van der Waals surface area contributed by atoms with Crippen LogP contribution in [-0.4, -0.2) is 78.6 Å². The summed E-state index contributed by atoms with van der Waals surface area (Å²) >= 11 is 0. The summed E-state index contributed by atoms with van der Waals surface area (Å²) in [5.41, 5.74) is 3.66. The van der Waals surface area contributed by atoms with Gasteiger partial charge in [0.2, 0.25) is 0 Å². The smallest absolute Gasteiger partial charge is 0.194 e. The summed E-state index contributed by atoms with van der Waals surface area (Å²) in [5.74, 6) is -1.05. The molecule has 1 aliphatic rings. The third-order valence-electron chi connectivity index (χ3n) is 7.02. The first-order valence-electron chi connectivity index (χ1n) is 13.1. The van der Waals surface area contributed by atoms with Gasteiger partial charge >= 0.3 is 0 Å². The number of hydrogen-bond acceptors (Lipinski definition) is 8. The normalized spacial score (nSPS) is 28.4. The first-order valence-corrected chi connectivity index (χ1v) is 13.1. The number of ketones is 1. The molecule has 8 nitrogen and oxygen atoms in total. The van der Waals surface area contributed by atoms with Gasteiger partial charge in [-0.2, -0.15) is 0 Å². The van der Waals surface area contributed by atoms with Crippen molar-refractivity contribution in [1.29, 1.82) is 0 Å². The Balaban J connectivity index is 2.18. The average Bonchev–Trinajstić information content (AvgIpc) is 2.78. The molecule has 0 aliphatic heterocycles. The molecule has 1 fully saturated rings. The van der Waals surface area contributed by atoms with Crippen molar-refractivity contribution >= 4 is 5.78 Å². The molecule has 0 heterocycles. The SMILES string of the molecule is CCCCCCCCCCCCCCC[C@@H](O)[C@H](N)C(O)C(=O)C1(O)C[C@@H](O)C(O)[C@H](O)C1. The molecule has 8 heteroatoms. The largest absolute Gasteiger partial charge is 0.391 e. The van der Waals surface area contributed by atoms with Gasteiger partial charge in [0.25, 0.3) is 0 Å². The molecule has 0 aromatic carbocycles. The Labute approximate surface area is 199 Å². The van der Waals surface area contributed by atoms with Gasteiger partial charge in [-0.05, 0) is 6.42 Å². The number of aliphatic hydroxyl groups is 6. The molecule has 8 N–H and O–H groups in total. The van der Waals surface area contributed by atoms with Gasteiger partial charge in [-0.1, -0.05) is 90.4 Å². The fraction of sp³-hybridized carbons (Fsp3) is 0.960. The van der Waals surface area contributed by atoms with Crippen molar-refractivity contribution in [3.8, 4) is 0 Å². The maximum Gasteiger partial charge on any atom is 0.194 e. The topological polar surface area (TPSA) is 164 Å². The molecule has 1 aliphatic carbocycles. The predicted octanol–water partition coefficient (Wildman–Crippen LogP) is 1.69. The van der Waals surface area contributed by atoms with Crippen molar-refractivity contribution in [2.45, 2.75) is 152 Å². The Morgan fingerprint density at radius 1 is 0.818 bits per heavy atom. The Morgan fingerprint density at radius 3 is 1.64 bits per heavy atom. The fourth-order valence-electron chi connectivity index (χ4n) is 4.70. The highest BCUT2D eigenvalue weighted by Crippen LogP contribution is 2.31. The van der Waals surface area contributed by atoms with E-state index in [1.54, 1.807) is 0 Å². The van der Waals surface area contributed by atoms with E-state index in [9.17, 15) is 35.4 Å². The molecule has 0 aromatic rings. The van der Waals surface area contributed by atoms with Gasteiger partial charge in [0.05, 0.1) is 24.4 Å². The molecule has 0 saturated heterocycles. The molecular formula is C25H49NO7. The van der Waals surface area contributed by atoms with Gasteiger partial charge in [-0.3, -0.25) is 4.79 Å². The van der Waals surface area contributed by atoms with Gasteiger partial charge in [0, 0.05) is 12.8 Å². The molecule has 1 saturated carbocycles. The zero-order chi connectivity index (χ0) is 24.9. The van der Waals surface area contributed by atoms with Gasteiger partial charge in [-0.25, -0.2) is 0 Å². The van der Waals surface area contributed by atoms with Gasteiger partial charge in [0.1, 0.15) is 17.8 Å². The summed E-state index contributed by atoms with van der Waals surface area (Å²) in [6, 6.07) is -1.28. The van der Waals surface area contributed by atoms with E-state index >= 15 is 0 Å². The summed E-state index contributed by atoms with van der Waals surface area (Å²) in [6.07, 6.45) is 7.57. The summed E-state index contributed by atoms with van der Waals surface area (Å²) in [6.45, 7) is 2.23. The monoisotopic (exact) mass is 475 g/mol. The zero-order valence-electron chi connectivity index (χ0n) is 20.4. The van der Waals surface area contributed by atoms with E-state index in [0.29, 0.717) is 6.42 Å². The molecule has 0 radical (unpaired) electrons. The maximum absolute atomic E-state index is 12.6.